The van der Waals surface area contributed by atoms with Gasteiger partial charge in [0.25, 0.3) is 5.91 Å². The van der Waals surface area contributed by atoms with Gasteiger partial charge in [0.05, 0.1) is 24.0 Å². The fraction of sp³-hybridized carbons (Fsp3) is 0.200. The van der Waals surface area contributed by atoms with Gasteiger partial charge < -0.3 is 15.1 Å². The molecular formula is C15H16N4O2. The summed E-state index contributed by atoms with van der Waals surface area (Å²) < 4.78 is 5.67. The number of fused-ring (bicyclic) bond motifs is 1. The molecule has 0 fully saturated rings. The number of nitrogens with two attached hydrogens (primary N) is 1. The van der Waals surface area contributed by atoms with E-state index >= 15 is 0 Å². The third-order valence-electron chi connectivity index (χ3n) is 3.45. The van der Waals surface area contributed by atoms with Crippen LogP contribution in [-0.2, 0) is 6.54 Å². The van der Waals surface area contributed by atoms with Gasteiger partial charge in [0.15, 0.2) is 0 Å². The Kier molecular flexibility index (Phi) is 3.70. The lowest BCUT2D eigenvalue weighted by atomic mass is 10.1. The molecule has 108 valence electrons. The summed E-state index contributed by atoms with van der Waals surface area (Å²) in [6.07, 6.45) is 3.12. The highest BCUT2D eigenvalue weighted by Gasteiger charge is 2.22. The van der Waals surface area contributed by atoms with Gasteiger partial charge in [0.1, 0.15) is 12.4 Å². The number of anilines is 1. The number of carbonyl (C=O) groups excluding carboxylic acids is 1. The molecule has 0 saturated heterocycles. The first-order valence-electron chi connectivity index (χ1n) is 6.70. The van der Waals surface area contributed by atoms with E-state index in [0.717, 1.165) is 11.3 Å². The monoisotopic (exact) mass is 284 g/mol. The summed E-state index contributed by atoms with van der Waals surface area (Å²) in [6, 6.07) is 9.42. The molecule has 1 aromatic heterocycles. The molecule has 1 aromatic carbocycles. The Morgan fingerprint density at radius 1 is 1.33 bits per heavy atom. The van der Waals surface area contributed by atoms with Crippen LogP contribution in [0.2, 0.25) is 0 Å². The Morgan fingerprint density at radius 2 is 2.19 bits per heavy atom. The van der Waals surface area contributed by atoms with E-state index in [2.05, 4.69) is 10.4 Å². The second-order valence-electron chi connectivity index (χ2n) is 4.75. The van der Waals surface area contributed by atoms with E-state index < -0.39 is 0 Å². The van der Waals surface area contributed by atoms with Crippen LogP contribution in [0.3, 0.4) is 0 Å². The molecule has 0 radical (unpaired) electrons. The van der Waals surface area contributed by atoms with Gasteiger partial charge in [-0.15, -0.1) is 0 Å². The maximum Gasteiger partial charge on any atom is 0.256 e. The van der Waals surface area contributed by atoms with Crippen molar-refractivity contribution < 1.29 is 9.53 Å². The van der Waals surface area contributed by atoms with Crippen LogP contribution in [0.15, 0.2) is 42.7 Å². The number of aromatic nitrogens is 1. The highest BCUT2D eigenvalue weighted by Crippen LogP contribution is 2.24. The van der Waals surface area contributed by atoms with Crippen molar-refractivity contribution >= 4 is 11.6 Å². The molecule has 0 atom stereocenters. The predicted octanol–water partition coefficient (Wildman–Crippen LogP) is 1.40. The molecule has 6 nitrogen and oxygen atoms in total. The topological polar surface area (TPSA) is 80.5 Å². The maximum absolute atomic E-state index is 12.7. The Labute approximate surface area is 122 Å². The number of hydrazine groups is 1. The molecule has 21 heavy (non-hydrogen) atoms. The van der Waals surface area contributed by atoms with E-state index in [-0.39, 0.29) is 5.91 Å². The Morgan fingerprint density at radius 3 is 3.05 bits per heavy atom. The van der Waals surface area contributed by atoms with E-state index in [0.29, 0.717) is 30.9 Å². The van der Waals surface area contributed by atoms with Gasteiger partial charge in [0, 0.05) is 18.3 Å². The first-order chi connectivity index (χ1) is 10.3. The number of rotatable bonds is 2. The quantitative estimate of drug-likeness (QED) is 0.643. The number of ether oxygens (including phenoxy) is 1. The zero-order chi connectivity index (χ0) is 14.7. The number of para-hydroxylation sites is 1. The van der Waals surface area contributed by atoms with Crippen LogP contribution in [0.1, 0.15) is 15.9 Å². The molecule has 3 rings (SSSR count). The number of nitrogens with zero attached hydrogens (tertiary/aromatic N) is 2. The molecule has 2 heterocycles. The lowest BCUT2D eigenvalue weighted by Crippen LogP contribution is -2.33. The van der Waals surface area contributed by atoms with Crippen molar-refractivity contribution in [1.29, 1.82) is 0 Å². The molecule has 0 saturated carbocycles. The van der Waals surface area contributed by atoms with Gasteiger partial charge in [-0.2, -0.15) is 0 Å². The molecule has 2 aromatic rings. The summed E-state index contributed by atoms with van der Waals surface area (Å²) in [5.41, 5.74) is 4.53. The van der Waals surface area contributed by atoms with Crippen LogP contribution in [0, 0.1) is 0 Å². The Bertz CT molecular complexity index is 660. The Hall–Kier alpha value is -2.60. The van der Waals surface area contributed by atoms with Crippen molar-refractivity contribution in [2.24, 2.45) is 5.84 Å². The fourth-order valence-electron chi connectivity index (χ4n) is 2.37. The third kappa shape index (κ3) is 2.66. The number of nitrogen functional groups attached to an aromatic ring is 1. The molecule has 3 N–H and O–H groups in total. The largest absolute Gasteiger partial charge is 0.491 e. The summed E-state index contributed by atoms with van der Waals surface area (Å²) in [5, 5.41) is 0. The number of hydrogen-bond acceptors (Lipinski definition) is 5. The van der Waals surface area contributed by atoms with Crippen molar-refractivity contribution in [3.05, 3.63) is 53.9 Å². The minimum absolute atomic E-state index is 0.0920. The molecule has 1 aliphatic rings. The molecule has 1 amide bonds. The standard InChI is InChI=1S/C15H16N4O2/c16-18-13-9-17-6-5-12(13)15(20)19-7-8-21-14-4-2-1-3-11(14)10-19/h1-6,9,18H,7-8,10,16H2. The maximum atomic E-state index is 12.7. The first-order valence-corrected chi connectivity index (χ1v) is 6.70. The van der Waals surface area contributed by atoms with Crippen LogP contribution in [-0.4, -0.2) is 28.9 Å². The van der Waals surface area contributed by atoms with Crippen molar-refractivity contribution in [2.75, 3.05) is 18.6 Å². The van der Waals surface area contributed by atoms with Crippen molar-refractivity contribution in [2.45, 2.75) is 6.54 Å². The number of nitrogens with one attached hydrogen (secondary N) is 1. The molecule has 0 unspecified atom stereocenters. The van der Waals surface area contributed by atoms with Gasteiger partial charge in [-0.25, -0.2) is 0 Å². The van der Waals surface area contributed by atoms with E-state index in [9.17, 15) is 4.79 Å². The zero-order valence-electron chi connectivity index (χ0n) is 11.5. The Balaban J connectivity index is 1.88. The number of amides is 1. The number of benzene rings is 1. The van der Waals surface area contributed by atoms with Crippen molar-refractivity contribution in [3.8, 4) is 5.75 Å². The van der Waals surface area contributed by atoms with Crippen LogP contribution >= 0.6 is 0 Å². The fourth-order valence-corrected chi connectivity index (χ4v) is 2.37. The summed E-state index contributed by atoms with van der Waals surface area (Å²) in [4.78, 5) is 18.4. The summed E-state index contributed by atoms with van der Waals surface area (Å²) in [6.45, 7) is 1.51. The minimum atomic E-state index is -0.0920. The average molecular weight is 284 g/mol. The van der Waals surface area contributed by atoms with Crippen LogP contribution in [0.25, 0.3) is 0 Å². The molecule has 1 aliphatic heterocycles. The van der Waals surface area contributed by atoms with Gasteiger partial charge in [-0.1, -0.05) is 18.2 Å². The molecule has 6 heteroatoms. The lowest BCUT2D eigenvalue weighted by Gasteiger charge is -2.21. The lowest BCUT2D eigenvalue weighted by molar-refractivity contribution is 0.0734. The van der Waals surface area contributed by atoms with Crippen molar-refractivity contribution in [1.82, 2.24) is 9.88 Å². The highest BCUT2D eigenvalue weighted by atomic mass is 16.5. The third-order valence-corrected chi connectivity index (χ3v) is 3.45. The SMILES string of the molecule is NNc1cnccc1C(=O)N1CCOc2ccccc2C1. The average Bonchev–Trinajstić information content (AvgIpc) is 2.76. The van der Waals surface area contributed by atoms with Gasteiger partial charge >= 0.3 is 0 Å². The van der Waals surface area contributed by atoms with Gasteiger partial charge in [-0.3, -0.25) is 15.6 Å². The van der Waals surface area contributed by atoms with E-state index in [1.807, 2.05) is 24.3 Å². The van der Waals surface area contributed by atoms with E-state index in [1.165, 1.54) is 6.20 Å². The second-order valence-corrected chi connectivity index (χ2v) is 4.75. The second kappa shape index (κ2) is 5.80. The zero-order valence-corrected chi connectivity index (χ0v) is 11.5. The van der Waals surface area contributed by atoms with Crippen LogP contribution < -0.4 is 16.0 Å². The summed E-state index contributed by atoms with van der Waals surface area (Å²) in [5.74, 6) is 6.18. The van der Waals surface area contributed by atoms with Gasteiger partial charge in [-0.05, 0) is 12.1 Å². The highest BCUT2D eigenvalue weighted by molar-refractivity contribution is 5.99. The minimum Gasteiger partial charge on any atom is -0.491 e. The number of hydrogen-bond donors (Lipinski definition) is 2. The smallest absolute Gasteiger partial charge is 0.256 e. The molecule has 0 bridgehead atoms. The summed E-state index contributed by atoms with van der Waals surface area (Å²) >= 11 is 0. The molecule has 0 aliphatic carbocycles. The van der Waals surface area contributed by atoms with Crippen molar-refractivity contribution in [3.63, 3.8) is 0 Å². The first kappa shape index (κ1) is 13.4. The van der Waals surface area contributed by atoms with E-state index in [4.69, 9.17) is 10.6 Å². The predicted molar refractivity (Wildman–Crippen MR) is 78.7 cm³/mol. The van der Waals surface area contributed by atoms with Gasteiger partial charge in [0.2, 0.25) is 0 Å². The number of pyridine rings is 1. The van der Waals surface area contributed by atoms with E-state index in [1.54, 1.807) is 17.2 Å². The normalized spacial score (nSPS) is 13.9. The molecule has 0 spiro atoms. The summed E-state index contributed by atoms with van der Waals surface area (Å²) in [7, 11) is 0. The number of carbonyl (C=O) groups is 1. The van der Waals surface area contributed by atoms with Crippen LogP contribution in [0.4, 0.5) is 5.69 Å². The van der Waals surface area contributed by atoms with Crippen LogP contribution in [0.5, 0.6) is 5.75 Å². The molecular weight excluding hydrogens is 268 g/mol.